The normalized spacial score (nSPS) is 19.8. The van der Waals surface area contributed by atoms with Crippen LogP contribution in [0.3, 0.4) is 0 Å². The zero-order valence-corrected chi connectivity index (χ0v) is 11.4. The smallest absolute Gasteiger partial charge is 0.326 e. The Balaban J connectivity index is 2.32. The van der Waals surface area contributed by atoms with Crippen molar-refractivity contribution < 1.29 is 14.7 Å². The average Bonchev–Trinajstić information content (AvgIpc) is 2.38. The second kappa shape index (κ2) is 8.11. The average molecular weight is 255 g/mol. The molecule has 1 fully saturated rings. The molecule has 0 bridgehead atoms. The fraction of sp³-hybridized carbons (Fsp3) is 0.857. The SMILES string of the molecule is CCCCCCCC(=O)N1CCCCC1C(=O)O. The van der Waals surface area contributed by atoms with Gasteiger partial charge in [0.25, 0.3) is 0 Å². The second-order valence-electron chi connectivity index (χ2n) is 5.10. The van der Waals surface area contributed by atoms with Gasteiger partial charge >= 0.3 is 5.97 Å². The number of amides is 1. The molecule has 1 amide bonds. The van der Waals surface area contributed by atoms with E-state index in [9.17, 15) is 9.59 Å². The second-order valence-corrected chi connectivity index (χ2v) is 5.10. The van der Waals surface area contributed by atoms with Crippen LogP contribution in [0.25, 0.3) is 0 Å². The molecule has 18 heavy (non-hydrogen) atoms. The monoisotopic (exact) mass is 255 g/mol. The van der Waals surface area contributed by atoms with Gasteiger partial charge in [-0.05, 0) is 25.7 Å². The Labute approximate surface area is 109 Å². The van der Waals surface area contributed by atoms with Crippen LogP contribution in [0, 0.1) is 0 Å². The fourth-order valence-corrected chi connectivity index (χ4v) is 2.51. The number of aliphatic carboxylic acids is 1. The van der Waals surface area contributed by atoms with Gasteiger partial charge in [0.1, 0.15) is 6.04 Å². The molecule has 4 heteroatoms. The lowest BCUT2D eigenvalue weighted by molar-refractivity contribution is -0.152. The molecule has 0 saturated carbocycles. The molecule has 0 radical (unpaired) electrons. The first-order valence-corrected chi connectivity index (χ1v) is 7.19. The van der Waals surface area contributed by atoms with Crippen LogP contribution in [-0.2, 0) is 9.59 Å². The first-order valence-electron chi connectivity index (χ1n) is 7.19. The summed E-state index contributed by atoms with van der Waals surface area (Å²) in [6.07, 6.45) is 8.52. The zero-order chi connectivity index (χ0) is 13.4. The topological polar surface area (TPSA) is 57.6 Å². The number of unbranched alkanes of at least 4 members (excludes halogenated alkanes) is 4. The standard InChI is InChI=1S/C14H25NO3/c1-2-3-4-5-6-10-13(16)15-11-8-7-9-12(15)14(17)18/h12H,2-11H2,1H3,(H,17,18). The van der Waals surface area contributed by atoms with Crippen molar-refractivity contribution in [2.45, 2.75) is 70.8 Å². The van der Waals surface area contributed by atoms with Crippen LogP contribution in [0.5, 0.6) is 0 Å². The predicted molar refractivity (Wildman–Crippen MR) is 70.4 cm³/mol. The summed E-state index contributed by atoms with van der Waals surface area (Å²) < 4.78 is 0. The minimum atomic E-state index is -0.853. The summed E-state index contributed by atoms with van der Waals surface area (Å²) in [5, 5.41) is 9.11. The minimum Gasteiger partial charge on any atom is -0.480 e. The summed E-state index contributed by atoms with van der Waals surface area (Å²) in [5.74, 6) is -0.826. The van der Waals surface area contributed by atoms with E-state index in [-0.39, 0.29) is 5.91 Å². The van der Waals surface area contributed by atoms with Crippen molar-refractivity contribution in [1.29, 1.82) is 0 Å². The Morgan fingerprint density at radius 3 is 2.56 bits per heavy atom. The summed E-state index contributed by atoms with van der Waals surface area (Å²) in [7, 11) is 0. The summed E-state index contributed by atoms with van der Waals surface area (Å²) in [5.41, 5.74) is 0. The van der Waals surface area contributed by atoms with Crippen LogP contribution in [0.4, 0.5) is 0 Å². The molecular formula is C14H25NO3. The number of hydrogen-bond acceptors (Lipinski definition) is 2. The van der Waals surface area contributed by atoms with Crippen LogP contribution in [0.15, 0.2) is 0 Å². The number of piperidine rings is 1. The van der Waals surface area contributed by atoms with Gasteiger partial charge in [0.2, 0.25) is 5.91 Å². The molecule has 4 nitrogen and oxygen atoms in total. The maximum atomic E-state index is 12.0. The number of hydrogen-bond donors (Lipinski definition) is 1. The lowest BCUT2D eigenvalue weighted by Gasteiger charge is -2.33. The first-order chi connectivity index (χ1) is 8.66. The quantitative estimate of drug-likeness (QED) is 0.712. The molecule has 0 spiro atoms. The summed E-state index contributed by atoms with van der Waals surface area (Å²) in [4.78, 5) is 24.7. The molecule has 1 saturated heterocycles. The van der Waals surface area contributed by atoms with Gasteiger partial charge in [0.15, 0.2) is 0 Å². The van der Waals surface area contributed by atoms with E-state index in [2.05, 4.69) is 6.92 Å². The van der Waals surface area contributed by atoms with E-state index >= 15 is 0 Å². The predicted octanol–water partition coefficient (Wildman–Crippen LogP) is 2.81. The number of carbonyl (C=O) groups is 2. The van der Waals surface area contributed by atoms with Crippen LogP contribution in [0.1, 0.15) is 64.7 Å². The van der Waals surface area contributed by atoms with Gasteiger partial charge in [-0.2, -0.15) is 0 Å². The molecular weight excluding hydrogens is 230 g/mol. The van der Waals surface area contributed by atoms with Gasteiger partial charge in [0, 0.05) is 13.0 Å². The van der Waals surface area contributed by atoms with Crippen molar-refractivity contribution in [1.82, 2.24) is 4.90 Å². The van der Waals surface area contributed by atoms with Gasteiger partial charge in [0.05, 0.1) is 0 Å². The molecule has 1 aliphatic heterocycles. The number of likely N-dealkylation sites (tertiary alicyclic amines) is 1. The van der Waals surface area contributed by atoms with E-state index < -0.39 is 12.0 Å². The molecule has 1 rings (SSSR count). The van der Waals surface area contributed by atoms with Crippen LogP contribution in [0.2, 0.25) is 0 Å². The molecule has 0 aliphatic carbocycles. The van der Waals surface area contributed by atoms with Crippen molar-refractivity contribution in [2.24, 2.45) is 0 Å². The molecule has 1 unspecified atom stereocenters. The lowest BCUT2D eigenvalue weighted by Crippen LogP contribution is -2.47. The minimum absolute atomic E-state index is 0.0265. The fourth-order valence-electron chi connectivity index (χ4n) is 2.51. The van der Waals surface area contributed by atoms with Crippen molar-refractivity contribution in [3.8, 4) is 0 Å². The van der Waals surface area contributed by atoms with E-state index in [0.29, 0.717) is 19.4 Å². The molecule has 1 heterocycles. The summed E-state index contributed by atoms with van der Waals surface area (Å²) in [6.45, 7) is 2.78. The first kappa shape index (κ1) is 15.0. The van der Waals surface area contributed by atoms with Crippen molar-refractivity contribution in [2.75, 3.05) is 6.54 Å². The van der Waals surface area contributed by atoms with Gasteiger partial charge in [-0.15, -0.1) is 0 Å². The Morgan fingerprint density at radius 2 is 1.89 bits per heavy atom. The van der Waals surface area contributed by atoms with Crippen molar-refractivity contribution in [3.63, 3.8) is 0 Å². The number of carboxylic acid groups (broad SMARTS) is 1. The third-order valence-electron chi connectivity index (χ3n) is 3.60. The third-order valence-corrected chi connectivity index (χ3v) is 3.60. The highest BCUT2D eigenvalue weighted by atomic mass is 16.4. The van der Waals surface area contributed by atoms with E-state index in [1.54, 1.807) is 4.90 Å². The van der Waals surface area contributed by atoms with Gasteiger partial charge in [-0.3, -0.25) is 4.79 Å². The van der Waals surface area contributed by atoms with E-state index in [1.165, 1.54) is 19.3 Å². The molecule has 0 aromatic carbocycles. The summed E-state index contributed by atoms with van der Waals surface area (Å²) >= 11 is 0. The molecule has 104 valence electrons. The van der Waals surface area contributed by atoms with Gasteiger partial charge in [-0.1, -0.05) is 32.6 Å². The van der Waals surface area contributed by atoms with Crippen molar-refractivity contribution in [3.05, 3.63) is 0 Å². The number of rotatable bonds is 7. The third kappa shape index (κ3) is 4.67. The number of carbonyl (C=O) groups excluding carboxylic acids is 1. The number of nitrogens with zero attached hydrogens (tertiary/aromatic N) is 1. The van der Waals surface area contributed by atoms with E-state index in [1.807, 2.05) is 0 Å². The zero-order valence-electron chi connectivity index (χ0n) is 11.4. The van der Waals surface area contributed by atoms with E-state index in [0.717, 1.165) is 25.7 Å². The van der Waals surface area contributed by atoms with Gasteiger partial charge in [-0.25, -0.2) is 4.79 Å². The summed E-state index contributed by atoms with van der Waals surface area (Å²) in [6, 6.07) is -0.582. The lowest BCUT2D eigenvalue weighted by atomic mass is 10.0. The Bertz CT molecular complexity index is 278. The van der Waals surface area contributed by atoms with Crippen LogP contribution < -0.4 is 0 Å². The largest absolute Gasteiger partial charge is 0.480 e. The molecule has 0 aromatic rings. The number of carboxylic acids is 1. The van der Waals surface area contributed by atoms with Crippen LogP contribution >= 0.6 is 0 Å². The molecule has 0 aromatic heterocycles. The van der Waals surface area contributed by atoms with E-state index in [4.69, 9.17) is 5.11 Å². The highest BCUT2D eigenvalue weighted by Gasteiger charge is 2.31. The maximum Gasteiger partial charge on any atom is 0.326 e. The molecule has 1 N–H and O–H groups in total. The van der Waals surface area contributed by atoms with Gasteiger partial charge < -0.3 is 10.0 Å². The highest BCUT2D eigenvalue weighted by molar-refractivity contribution is 5.83. The molecule has 1 atom stereocenters. The Morgan fingerprint density at radius 1 is 1.17 bits per heavy atom. The Kier molecular flexibility index (Phi) is 6.76. The molecule has 1 aliphatic rings. The van der Waals surface area contributed by atoms with Crippen LogP contribution in [-0.4, -0.2) is 34.5 Å². The Hall–Kier alpha value is -1.06. The maximum absolute atomic E-state index is 12.0. The van der Waals surface area contributed by atoms with Crippen molar-refractivity contribution >= 4 is 11.9 Å². The highest BCUT2D eigenvalue weighted by Crippen LogP contribution is 2.19.